The number of likely N-dealkylation sites (tertiary alicyclic amines) is 1. The van der Waals surface area contributed by atoms with Gasteiger partial charge in [0.1, 0.15) is 0 Å². The minimum atomic E-state index is 0.0793. The van der Waals surface area contributed by atoms with E-state index >= 15 is 0 Å². The van der Waals surface area contributed by atoms with Gasteiger partial charge in [-0.05, 0) is 47.2 Å². The predicted molar refractivity (Wildman–Crippen MR) is 111 cm³/mol. The Bertz CT molecular complexity index is 865. The summed E-state index contributed by atoms with van der Waals surface area (Å²) in [7, 11) is 0. The molecule has 1 aliphatic carbocycles. The van der Waals surface area contributed by atoms with Crippen LogP contribution in [0.4, 0.5) is 0 Å². The molecule has 0 spiro atoms. The van der Waals surface area contributed by atoms with Crippen LogP contribution in [0.5, 0.6) is 0 Å². The average molecular weight is 380 g/mol. The van der Waals surface area contributed by atoms with E-state index in [9.17, 15) is 4.79 Å². The lowest BCUT2D eigenvalue weighted by Gasteiger charge is -2.28. The van der Waals surface area contributed by atoms with Gasteiger partial charge in [-0.3, -0.25) is 14.6 Å². The number of carbonyl (C=O) groups is 1. The van der Waals surface area contributed by atoms with Crippen LogP contribution >= 0.6 is 0 Å². The number of nitrogens with one attached hydrogen (secondary N) is 1. The predicted octanol–water partition coefficient (Wildman–Crippen LogP) is 2.07. The van der Waals surface area contributed by atoms with E-state index in [1.807, 2.05) is 6.07 Å². The van der Waals surface area contributed by atoms with E-state index in [1.165, 1.54) is 16.5 Å². The third-order valence-electron chi connectivity index (χ3n) is 6.57. The number of aryl methyl sites for hydroxylation is 2. The van der Waals surface area contributed by atoms with Crippen molar-refractivity contribution in [1.29, 1.82) is 0 Å². The van der Waals surface area contributed by atoms with Crippen LogP contribution < -0.4 is 5.32 Å². The molecule has 5 nitrogen and oxygen atoms in total. The lowest BCUT2D eigenvalue weighted by molar-refractivity contribution is 0.0343. The standard InChI is InChI=1S/C23H29N3O2/c27-23(21-7-6-18-5-4-17-2-1-3-20(21)22(17)18)24-19-8-9-26(16-19)11-10-25-12-14-28-15-13-25/h1-3,6-7,19H,4-5,8-16H2,(H,24,27). The number of carbonyl (C=O) groups excluding carboxylic acids is 1. The van der Waals surface area contributed by atoms with E-state index in [2.05, 4.69) is 39.4 Å². The molecule has 2 heterocycles. The zero-order valence-corrected chi connectivity index (χ0v) is 16.5. The Hall–Kier alpha value is -1.95. The van der Waals surface area contributed by atoms with Crippen LogP contribution in [0.1, 0.15) is 27.9 Å². The van der Waals surface area contributed by atoms with Gasteiger partial charge in [0.15, 0.2) is 0 Å². The van der Waals surface area contributed by atoms with Crippen LogP contribution in [0.25, 0.3) is 10.8 Å². The number of benzene rings is 2. The summed E-state index contributed by atoms with van der Waals surface area (Å²) in [6.45, 7) is 7.99. The smallest absolute Gasteiger partial charge is 0.252 e. The van der Waals surface area contributed by atoms with E-state index in [4.69, 9.17) is 4.74 Å². The first-order valence-corrected chi connectivity index (χ1v) is 10.6. The highest BCUT2D eigenvalue weighted by atomic mass is 16.5. The maximum atomic E-state index is 13.0. The number of nitrogens with zero attached hydrogens (tertiary/aromatic N) is 2. The second-order valence-electron chi connectivity index (χ2n) is 8.33. The van der Waals surface area contributed by atoms with Crippen LogP contribution in [0.3, 0.4) is 0 Å². The molecule has 0 radical (unpaired) electrons. The van der Waals surface area contributed by atoms with Gasteiger partial charge < -0.3 is 10.1 Å². The maximum Gasteiger partial charge on any atom is 0.252 e. The number of morpholine rings is 1. The highest BCUT2D eigenvalue weighted by molar-refractivity contribution is 6.09. The molecule has 0 bridgehead atoms. The lowest BCUT2D eigenvalue weighted by atomic mass is 9.99. The molecule has 1 amide bonds. The Morgan fingerprint density at radius 3 is 2.64 bits per heavy atom. The summed E-state index contributed by atoms with van der Waals surface area (Å²) in [4.78, 5) is 18.0. The molecule has 2 saturated heterocycles. The zero-order chi connectivity index (χ0) is 18.9. The number of amides is 1. The minimum Gasteiger partial charge on any atom is -0.379 e. The molecule has 0 aromatic heterocycles. The van der Waals surface area contributed by atoms with E-state index in [0.29, 0.717) is 0 Å². The number of rotatable bonds is 5. The Kier molecular flexibility index (Phi) is 5.05. The number of hydrogen-bond acceptors (Lipinski definition) is 4. The molecule has 2 aliphatic heterocycles. The molecule has 3 aliphatic rings. The zero-order valence-electron chi connectivity index (χ0n) is 16.5. The third-order valence-corrected chi connectivity index (χ3v) is 6.57. The first kappa shape index (κ1) is 18.1. The van der Waals surface area contributed by atoms with E-state index in [1.54, 1.807) is 0 Å². The molecule has 5 heteroatoms. The first-order valence-electron chi connectivity index (χ1n) is 10.6. The molecular weight excluding hydrogens is 350 g/mol. The van der Waals surface area contributed by atoms with Crippen molar-refractivity contribution >= 4 is 16.7 Å². The maximum absolute atomic E-state index is 13.0. The molecule has 2 aromatic rings. The molecule has 1 unspecified atom stereocenters. The molecular formula is C23H29N3O2. The monoisotopic (exact) mass is 379 g/mol. The molecule has 1 atom stereocenters. The van der Waals surface area contributed by atoms with Crippen molar-refractivity contribution in [3.63, 3.8) is 0 Å². The van der Waals surface area contributed by atoms with Crippen molar-refractivity contribution in [2.75, 3.05) is 52.5 Å². The van der Waals surface area contributed by atoms with Gasteiger partial charge in [-0.25, -0.2) is 0 Å². The van der Waals surface area contributed by atoms with Crippen molar-refractivity contribution in [2.24, 2.45) is 0 Å². The third kappa shape index (κ3) is 3.54. The topological polar surface area (TPSA) is 44.8 Å². The highest BCUT2D eigenvalue weighted by Crippen LogP contribution is 2.32. The molecule has 148 valence electrons. The largest absolute Gasteiger partial charge is 0.379 e. The van der Waals surface area contributed by atoms with Gasteiger partial charge in [0, 0.05) is 50.9 Å². The molecule has 5 rings (SSSR count). The summed E-state index contributed by atoms with van der Waals surface area (Å²) in [6, 6.07) is 10.8. The molecule has 2 fully saturated rings. The second kappa shape index (κ2) is 7.82. The van der Waals surface area contributed by atoms with Crippen LogP contribution in [-0.4, -0.2) is 74.2 Å². The van der Waals surface area contributed by atoms with Gasteiger partial charge in [-0.15, -0.1) is 0 Å². The van der Waals surface area contributed by atoms with Gasteiger partial charge >= 0.3 is 0 Å². The van der Waals surface area contributed by atoms with Crippen LogP contribution in [0, 0.1) is 0 Å². The molecule has 1 N–H and O–H groups in total. The lowest BCUT2D eigenvalue weighted by Crippen LogP contribution is -2.42. The van der Waals surface area contributed by atoms with E-state index in [0.717, 1.165) is 82.7 Å². The Labute approximate surface area is 166 Å². The quantitative estimate of drug-likeness (QED) is 0.864. The first-order chi connectivity index (χ1) is 13.8. The Morgan fingerprint density at radius 2 is 1.79 bits per heavy atom. The van der Waals surface area contributed by atoms with Gasteiger partial charge in [0.25, 0.3) is 5.91 Å². The van der Waals surface area contributed by atoms with Gasteiger partial charge in [-0.1, -0.05) is 24.3 Å². The SMILES string of the molecule is O=C(NC1CCN(CCN2CCOCC2)C1)c1ccc2c3c(cccc13)CC2. The average Bonchev–Trinajstić information content (AvgIpc) is 3.36. The fourth-order valence-electron chi connectivity index (χ4n) is 4.97. The highest BCUT2D eigenvalue weighted by Gasteiger charge is 2.26. The van der Waals surface area contributed by atoms with E-state index in [-0.39, 0.29) is 11.9 Å². The fraction of sp³-hybridized carbons (Fsp3) is 0.522. The van der Waals surface area contributed by atoms with Gasteiger partial charge in [0.2, 0.25) is 0 Å². The second-order valence-corrected chi connectivity index (χ2v) is 8.33. The molecule has 2 aromatic carbocycles. The van der Waals surface area contributed by atoms with Crippen molar-refractivity contribution < 1.29 is 9.53 Å². The van der Waals surface area contributed by atoms with Crippen molar-refractivity contribution in [3.05, 3.63) is 47.0 Å². The van der Waals surface area contributed by atoms with Gasteiger partial charge in [-0.2, -0.15) is 0 Å². The summed E-state index contributed by atoms with van der Waals surface area (Å²) in [5.74, 6) is 0.0793. The van der Waals surface area contributed by atoms with E-state index < -0.39 is 0 Å². The normalized spacial score (nSPS) is 22.8. The summed E-state index contributed by atoms with van der Waals surface area (Å²) in [5, 5.41) is 5.73. The summed E-state index contributed by atoms with van der Waals surface area (Å²) in [5.41, 5.74) is 3.60. The fourth-order valence-corrected chi connectivity index (χ4v) is 4.97. The van der Waals surface area contributed by atoms with Crippen molar-refractivity contribution in [1.82, 2.24) is 15.1 Å². The van der Waals surface area contributed by atoms with Crippen molar-refractivity contribution in [3.8, 4) is 0 Å². The Morgan fingerprint density at radius 1 is 1.00 bits per heavy atom. The van der Waals surface area contributed by atoms with Crippen LogP contribution in [-0.2, 0) is 17.6 Å². The Balaban J connectivity index is 1.20. The number of ether oxygens (including phenoxy) is 1. The molecule has 28 heavy (non-hydrogen) atoms. The van der Waals surface area contributed by atoms with Gasteiger partial charge in [0.05, 0.1) is 13.2 Å². The van der Waals surface area contributed by atoms with Crippen LogP contribution in [0.15, 0.2) is 30.3 Å². The van der Waals surface area contributed by atoms with Crippen molar-refractivity contribution in [2.45, 2.75) is 25.3 Å². The summed E-state index contributed by atoms with van der Waals surface area (Å²) < 4.78 is 5.42. The minimum absolute atomic E-state index is 0.0793. The molecule has 0 saturated carbocycles. The summed E-state index contributed by atoms with van der Waals surface area (Å²) >= 11 is 0. The number of hydrogen-bond donors (Lipinski definition) is 1. The van der Waals surface area contributed by atoms with Crippen LogP contribution in [0.2, 0.25) is 0 Å². The summed E-state index contributed by atoms with van der Waals surface area (Å²) in [6.07, 6.45) is 3.23.